The fourth-order valence-corrected chi connectivity index (χ4v) is 13.4. The molecule has 2 aliphatic heterocycles. The van der Waals surface area contributed by atoms with E-state index in [1.165, 1.54) is 21.1 Å². The van der Waals surface area contributed by atoms with Crippen LogP contribution in [-0.2, 0) is 136 Å². The van der Waals surface area contributed by atoms with Crippen LogP contribution in [0.15, 0.2) is 224 Å². The SMILES string of the molecule is CC[C@H]1O[C@@H](OCC(OCc2ccccc2)C(OCc2ccccc2)C(COP(=O)(O)O[C@@H]2C(OC)[C@H](OCC(OCc3ccccc3)C(OCc3ccccc3)C(COCc3ccc4ccccc4c3)OCc3ccccc3)O[C@@H]2CC)OCc2ccccc2)C(OC)[C@H]1OC(=O)CCC(C)=O. The van der Waals surface area contributed by atoms with Crippen LogP contribution in [0, 0.1) is 0 Å². The van der Waals surface area contributed by atoms with Crippen LogP contribution >= 0.6 is 7.82 Å². The normalized spacial score (nSPS) is 21.3. The Bertz CT molecular complexity index is 3770. The topological polar surface area (TPSA) is 219 Å². The molecule has 2 fully saturated rings. The summed E-state index contributed by atoms with van der Waals surface area (Å²) in [7, 11) is -2.21. The molecule has 15 atom stereocenters. The van der Waals surface area contributed by atoms with E-state index in [1.807, 2.05) is 208 Å². The first-order valence-electron chi connectivity index (χ1n) is 35.3. The number of Topliss-reactive ketones (excluding diaryl/α,β-unsaturated/α-hetero) is 1. The van der Waals surface area contributed by atoms with Gasteiger partial charge in [0.15, 0.2) is 18.7 Å². The minimum Gasteiger partial charge on any atom is -0.457 e. The monoisotopic (exact) mass is 1430 g/mol. The first-order chi connectivity index (χ1) is 50.3. The van der Waals surface area contributed by atoms with Gasteiger partial charge in [0.05, 0.1) is 85.2 Å². The second-order valence-corrected chi connectivity index (χ2v) is 26.9. The second-order valence-electron chi connectivity index (χ2n) is 25.5. The quantitative estimate of drug-likeness (QED) is 0.0277. The predicted octanol–water partition coefficient (Wildman–Crippen LogP) is 14.0. The Morgan fingerprint density at radius 3 is 1.19 bits per heavy atom. The minimum atomic E-state index is -5.14. The fourth-order valence-electron chi connectivity index (χ4n) is 12.4. The lowest BCUT2D eigenvalue weighted by Crippen LogP contribution is -2.48. The van der Waals surface area contributed by atoms with Gasteiger partial charge in [0.25, 0.3) is 0 Å². The van der Waals surface area contributed by atoms with Crippen LogP contribution in [0.3, 0.4) is 0 Å². The van der Waals surface area contributed by atoms with Crippen LogP contribution in [0.2, 0.25) is 0 Å². The Hall–Kier alpha value is -7.25. The average molecular weight is 1430 g/mol. The summed E-state index contributed by atoms with van der Waals surface area (Å²) in [4.78, 5) is 37.1. The number of ether oxygens (including phenoxy) is 14. The van der Waals surface area contributed by atoms with Gasteiger partial charge in [0.2, 0.25) is 0 Å². The van der Waals surface area contributed by atoms with Gasteiger partial charge in [-0.3, -0.25) is 13.8 Å². The lowest BCUT2D eigenvalue weighted by Gasteiger charge is -2.35. The lowest BCUT2D eigenvalue weighted by molar-refractivity contribution is -0.219. The van der Waals surface area contributed by atoms with Crippen LogP contribution in [-0.4, -0.2) is 143 Å². The summed E-state index contributed by atoms with van der Waals surface area (Å²) in [5.74, 6) is -0.716. The molecule has 0 aromatic heterocycles. The van der Waals surface area contributed by atoms with Crippen molar-refractivity contribution in [1.29, 1.82) is 0 Å². The zero-order chi connectivity index (χ0) is 72.0. The number of ketones is 1. The number of hydrogen-bond acceptors (Lipinski definition) is 19. The van der Waals surface area contributed by atoms with E-state index in [0.717, 1.165) is 49.7 Å². The van der Waals surface area contributed by atoms with E-state index in [2.05, 4.69) is 30.3 Å². The van der Waals surface area contributed by atoms with Gasteiger partial charge in [-0.25, -0.2) is 4.57 Å². The Morgan fingerprint density at radius 1 is 0.417 bits per heavy atom. The molecule has 0 spiro atoms. The second kappa shape index (κ2) is 41.4. The fraction of sp³-hybridized carbons (Fsp3) is 0.415. The molecule has 0 aliphatic carbocycles. The van der Waals surface area contributed by atoms with E-state index in [-0.39, 0.29) is 78.1 Å². The number of carbonyl (C=O) groups is 2. The van der Waals surface area contributed by atoms with Gasteiger partial charge in [0.1, 0.15) is 66.8 Å². The van der Waals surface area contributed by atoms with Crippen LogP contribution in [0.25, 0.3) is 10.8 Å². The third-order valence-corrected chi connectivity index (χ3v) is 19.0. The molecular formula is C82H97O20P. The third-order valence-electron chi connectivity index (χ3n) is 18.0. The van der Waals surface area contributed by atoms with Crippen molar-refractivity contribution in [3.8, 4) is 0 Å². The zero-order valence-electron chi connectivity index (χ0n) is 59.2. The maximum Gasteiger partial charge on any atom is 0.472 e. The summed E-state index contributed by atoms with van der Waals surface area (Å²) in [5.41, 5.74) is 6.19. The molecule has 2 aliphatic rings. The molecule has 1 N–H and O–H groups in total. The molecule has 10 rings (SSSR count). The highest BCUT2D eigenvalue weighted by Crippen LogP contribution is 2.49. The maximum absolute atomic E-state index is 15.0. The summed E-state index contributed by atoms with van der Waals surface area (Å²) in [6.45, 7) is 5.36. The molecular weight excluding hydrogens is 1340 g/mol. The molecule has 21 heteroatoms. The summed E-state index contributed by atoms with van der Waals surface area (Å²) in [6, 6.07) is 72.4. The van der Waals surface area contributed by atoms with Gasteiger partial charge >= 0.3 is 13.8 Å². The van der Waals surface area contributed by atoms with Crippen molar-refractivity contribution in [1.82, 2.24) is 0 Å². The van der Waals surface area contributed by atoms with Crippen molar-refractivity contribution in [2.24, 2.45) is 0 Å². The number of phosphoric ester groups is 1. The van der Waals surface area contributed by atoms with Crippen molar-refractivity contribution in [2.75, 3.05) is 40.6 Å². The van der Waals surface area contributed by atoms with E-state index in [4.69, 9.17) is 75.4 Å². The highest BCUT2D eigenvalue weighted by atomic mass is 31.2. The number of esters is 1. The molecule has 8 aromatic carbocycles. The highest BCUT2D eigenvalue weighted by molar-refractivity contribution is 7.47. The maximum atomic E-state index is 15.0. The van der Waals surface area contributed by atoms with Crippen molar-refractivity contribution in [3.05, 3.63) is 263 Å². The number of fused-ring (bicyclic) bond motifs is 1. The van der Waals surface area contributed by atoms with Gasteiger partial charge in [-0.05, 0) is 75.5 Å². The van der Waals surface area contributed by atoms with Crippen molar-refractivity contribution < 1.29 is 94.4 Å². The number of carbonyl (C=O) groups excluding carboxylic acids is 2. The largest absolute Gasteiger partial charge is 0.472 e. The molecule has 0 radical (unpaired) electrons. The van der Waals surface area contributed by atoms with Crippen LogP contribution in [0.4, 0.5) is 0 Å². The molecule has 2 heterocycles. The average Bonchev–Trinajstić information content (AvgIpc) is 1.63. The minimum absolute atomic E-state index is 0.0147. The molecule has 0 amide bonds. The number of rotatable bonds is 45. The molecule has 2 saturated heterocycles. The van der Waals surface area contributed by atoms with Gasteiger partial charge in [0, 0.05) is 20.6 Å². The Kier molecular flexibility index (Phi) is 31.5. The van der Waals surface area contributed by atoms with Gasteiger partial charge < -0.3 is 76.0 Å². The zero-order valence-corrected chi connectivity index (χ0v) is 60.1. The highest BCUT2D eigenvalue weighted by Gasteiger charge is 2.51. The van der Waals surface area contributed by atoms with E-state index < -0.39 is 106 Å². The number of phosphoric acid groups is 1. The van der Waals surface area contributed by atoms with Gasteiger partial charge in [-0.2, -0.15) is 0 Å². The predicted molar refractivity (Wildman–Crippen MR) is 386 cm³/mol. The van der Waals surface area contributed by atoms with Crippen LogP contribution < -0.4 is 0 Å². The van der Waals surface area contributed by atoms with Gasteiger partial charge in [-0.15, -0.1) is 0 Å². The van der Waals surface area contributed by atoms with Crippen LogP contribution in [0.1, 0.15) is 85.4 Å². The van der Waals surface area contributed by atoms with Gasteiger partial charge in [-0.1, -0.05) is 232 Å². The summed E-state index contributed by atoms with van der Waals surface area (Å²) in [5, 5.41) is 2.22. The molecule has 20 nitrogen and oxygen atoms in total. The molecule has 9 unspecified atom stereocenters. The van der Waals surface area contributed by atoms with E-state index >= 15 is 0 Å². The molecule has 103 heavy (non-hydrogen) atoms. The Balaban J connectivity index is 0.908. The van der Waals surface area contributed by atoms with Crippen molar-refractivity contribution >= 4 is 30.3 Å². The molecule has 8 aromatic rings. The van der Waals surface area contributed by atoms with Crippen molar-refractivity contribution in [3.63, 3.8) is 0 Å². The molecule has 0 saturated carbocycles. The molecule has 550 valence electrons. The van der Waals surface area contributed by atoms with E-state index in [1.54, 1.807) is 0 Å². The number of methoxy groups -OCH3 is 2. The Morgan fingerprint density at radius 2 is 0.786 bits per heavy atom. The standard InChI is InChI=1S/C82H97O20P/c1-6-68-77(101-74(84)45-42-58(3)83)79(87-4)81(99-68)96-56-72(92-50-61-32-18-10-19-33-61)76(95-53-64-38-24-13-25-39-64)73(93-51-62-34-20-11-21-35-62)57-98-103(85,86)102-78-69(7-2)100-82(80(78)88-5)97-55-71(91-49-60-30-16-9-17-31-60)75(94-52-63-36-22-12-23-37-63)70(90-48-59-28-14-8-15-29-59)54-89-47-65-43-44-66-40-26-27-41-67(66)46-65/h8-41,43-44,46,68-73,75-82H,6-7,42,45,47-57H2,1-5H3,(H,85,86)/t68-,69-,70?,71?,72?,73?,75?,76?,77+,78+,79?,80?,81-,82-/m1/s1. The first kappa shape index (κ1) is 78.3. The Labute approximate surface area is 604 Å². The van der Waals surface area contributed by atoms with Crippen molar-refractivity contribution in [2.45, 2.75) is 179 Å². The first-order valence-corrected chi connectivity index (χ1v) is 36.8. The number of benzene rings is 8. The van der Waals surface area contributed by atoms with E-state index in [9.17, 15) is 19.0 Å². The number of hydrogen-bond donors (Lipinski definition) is 1. The van der Waals surface area contributed by atoms with Crippen LogP contribution in [0.5, 0.6) is 0 Å². The lowest BCUT2D eigenvalue weighted by atomic mass is 10.1. The third kappa shape index (κ3) is 24.4. The summed E-state index contributed by atoms with van der Waals surface area (Å²) < 4.78 is 120. The van der Waals surface area contributed by atoms with E-state index in [0.29, 0.717) is 19.4 Å². The molecule has 0 bridgehead atoms. The smallest absolute Gasteiger partial charge is 0.457 e. The summed E-state index contributed by atoms with van der Waals surface area (Å²) in [6.07, 6.45) is -12.8. The summed E-state index contributed by atoms with van der Waals surface area (Å²) >= 11 is 0.